The molecule has 6 heteroatoms. The molecule has 1 aromatic heterocycles. The molecule has 4 rings (SSSR count). The Morgan fingerprint density at radius 2 is 2.14 bits per heavy atom. The highest BCUT2D eigenvalue weighted by Gasteiger charge is 2.30. The van der Waals surface area contributed by atoms with Gasteiger partial charge in [0.2, 0.25) is 5.88 Å². The van der Waals surface area contributed by atoms with E-state index >= 15 is 0 Å². The number of carbonyl (C=O) groups excluding carboxylic acids is 1. The van der Waals surface area contributed by atoms with Crippen LogP contribution in [0.25, 0.3) is 0 Å². The molecule has 1 aliphatic carbocycles. The lowest BCUT2D eigenvalue weighted by molar-refractivity contribution is -0.0605. The van der Waals surface area contributed by atoms with Crippen molar-refractivity contribution in [3.05, 3.63) is 58.8 Å². The van der Waals surface area contributed by atoms with Crippen LogP contribution in [0.1, 0.15) is 40.0 Å². The third-order valence-electron chi connectivity index (χ3n) is 5.37. The molecule has 2 aliphatic rings. The van der Waals surface area contributed by atoms with Gasteiger partial charge in [0.25, 0.3) is 5.91 Å². The number of amides is 1. The maximum absolute atomic E-state index is 13.0. The highest BCUT2D eigenvalue weighted by Crippen LogP contribution is 2.27. The summed E-state index contributed by atoms with van der Waals surface area (Å²) in [7, 11) is 1.55. The topological polar surface area (TPSA) is 69.7 Å². The molecule has 0 bridgehead atoms. The highest BCUT2D eigenvalue weighted by atomic mass is 16.5. The number of ether oxygens (including phenoxy) is 3. The molecule has 1 fully saturated rings. The zero-order chi connectivity index (χ0) is 19.3. The molecule has 148 valence electrons. The Bertz CT molecular complexity index is 825. The van der Waals surface area contributed by atoms with E-state index in [9.17, 15) is 4.79 Å². The summed E-state index contributed by atoms with van der Waals surface area (Å²) in [6, 6.07) is 11.8. The van der Waals surface area contributed by atoms with Gasteiger partial charge in [-0.25, -0.2) is 4.98 Å². The number of pyridine rings is 1. The molecule has 1 N–H and O–H groups in total. The molecule has 0 radical (unpaired) electrons. The number of nitrogens with zero attached hydrogens (tertiary/aromatic N) is 1. The van der Waals surface area contributed by atoms with Crippen LogP contribution in [-0.2, 0) is 28.9 Å². The van der Waals surface area contributed by atoms with Crippen molar-refractivity contribution in [3.63, 3.8) is 0 Å². The van der Waals surface area contributed by atoms with E-state index in [1.54, 1.807) is 7.11 Å². The molecule has 1 saturated heterocycles. The normalized spacial score (nSPS) is 21.2. The number of carbonyl (C=O) groups is 1. The third kappa shape index (κ3) is 4.18. The summed E-state index contributed by atoms with van der Waals surface area (Å²) in [6.45, 7) is 1.59. The lowest BCUT2D eigenvalue weighted by atomic mass is 10.0. The maximum atomic E-state index is 13.0. The monoisotopic (exact) mass is 382 g/mol. The van der Waals surface area contributed by atoms with Crippen molar-refractivity contribution in [1.29, 1.82) is 0 Å². The molecule has 28 heavy (non-hydrogen) atoms. The minimum absolute atomic E-state index is 0.0914. The number of hydrogen-bond donors (Lipinski definition) is 1. The number of hydrogen-bond acceptors (Lipinski definition) is 5. The number of benzene rings is 1. The van der Waals surface area contributed by atoms with Gasteiger partial charge in [-0.3, -0.25) is 4.79 Å². The fourth-order valence-corrected chi connectivity index (χ4v) is 3.85. The summed E-state index contributed by atoms with van der Waals surface area (Å²) < 4.78 is 17.1. The van der Waals surface area contributed by atoms with Crippen molar-refractivity contribution in [3.8, 4) is 5.88 Å². The Morgan fingerprint density at radius 3 is 2.96 bits per heavy atom. The van der Waals surface area contributed by atoms with Crippen LogP contribution in [0.4, 0.5) is 0 Å². The Hall–Kier alpha value is -2.44. The number of rotatable bonds is 6. The highest BCUT2D eigenvalue weighted by molar-refractivity contribution is 5.97. The largest absolute Gasteiger partial charge is 0.480 e. The molecule has 6 nitrogen and oxygen atoms in total. The Labute approximate surface area is 165 Å². The van der Waals surface area contributed by atoms with E-state index in [-0.39, 0.29) is 18.1 Å². The number of methoxy groups -OCH3 is 1. The second-order valence-corrected chi connectivity index (χ2v) is 7.28. The smallest absolute Gasteiger partial charge is 0.257 e. The molecule has 2 heterocycles. The van der Waals surface area contributed by atoms with Gasteiger partial charge in [-0.15, -0.1) is 0 Å². The maximum Gasteiger partial charge on any atom is 0.257 e. The molecule has 2 unspecified atom stereocenters. The summed E-state index contributed by atoms with van der Waals surface area (Å²) in [5.41, 5.74) is 3.78. The Kier molecular flexibility index (Phi) is 5.88. The summed E-state index contributed by atoms with van der Waals surface area (Å²) in [6.07, 6.45) is 3.63. The fourth-order valence-electron chi connectivity index (χ4n) is 3.85. The van der Waals surface area contributed by atoms with Gasteiger partial charge in [0.05, 0.1) is 32.5 Å². The molecular formula is C22H26N2O4. The van der Waals surface area contributed by atoms with Crippen LogP contribution in [0.3, 0.4) is 0 Å². The zero-order valence-electron chi connectivity index (χ0n) is 16.1. The van der Waals surface area contributed by atoms with E-state index in [1.165, 1.54) is 0 Å². The summed E-state index contributed by atoms with van der Waals surface area (Å²) in [5.74, 6) is 0.194. The van der Waals surface area contributed by atoms with Gasteiger partial charge in [0, 0.05) is 12.3 Å². The molecule has 0 spiro atoms. The molecular weight excluding hydrogens is 356 g/mol. The van der Waals surface area contributed by atoms with Crippen molar-refractivity contribution >= 4 is 5.91 Å². The summed E-state index contributed by atoms with van der Waals surface area (Å²) in [4.78, 5) is 17.5. The van der Waals surface area contributed by atoms with Crippen LogP contribution in [0.15, 0.2) is 36.4 Å². The van der Waals surface area contributed by atoms with Crippen LogP contribution in [0.5, 0.6) is 5.88 Å². The van der Waals surface area contributed by atoms with Gasteiger partial charge < -0.3 is 19.5 Å². The van der Waals surface area contributed by atoms with Crippen molar-refractivity contribution < 1.29 is 19.0 Å². The molecule has 2 atom stereocenters. The summed E-state index contributed by atoms with van der Waals surface area (Å²) in [5, 5.41) is 3.08. The first-order chi connectivity index (χ1) is 13.7. The number of aryl methyl sites for hydroxylation is 2. The van der Waals surface area contributed by atoms with Crippen molar-refractivity contribution in [2.45, 2.75) is 44.4 Å². The van der Waals surface area contributed by atoms with Gasteiger partial charge in [0.15, 0.2) is 0 Å². The van der Waals surface area contributed by atoms with Gasteiger partial charge in [0.1, 0.15) is 5.56 Å². The van der Waals surface area contributed by atoms with Crippen molar-refractivity contribution in [1.82, 2.24) is 10.3 Å². The van der Waals surface area contributed by atoms with Gasteiger partial charge in [-0.05, 0) is 42.9 Å². The van der Waals surface area contributed by atoms with Gasteiger partial charge in [-0.2, -0.15) is 0 Å². The Morgan fingerprint density at radius 1 is 1.29 bits per heavy atom. The fraction of sp³-hybridized carbons (Fsp3) is 0.455. The van der Waals surface area contributed by atoms with E-state index in [0.29, 0.717) is 31.3 Å². The predicted molar refractivity (Wildman–Crippen MR) is 105 cm³/mol. The third-order valence-corrected chi connectivity index (χ3v) is 5.37. The average molecular weight is 382 g/mol. The molecule has 1 aromatic carbocycles. The lowest BCUT2D eigenvalue weighted by Gasteiger charge is -2.32. The average Bonchev–Trinajstić information content (AvgIpc) is 3.20. The van der Waals surface area contributed by atoms with E-state index in [4.69, 9.17) is 14.2 Å². The van der Waals surface area contributed by atoms with Crippen LogP contribution in [-0.4, -0.2) is 43.4 Å². The van der Waals surface area contributed by atoms with E-state index < -0.39 is 0 Å². The number of fused-ring (bicyclic) bond motifs is 1. The first-order valence-corrected chi connectivity index (χ1v) is 9.85. The standard InChI is InChI=1S/C22H26N2O4/c1-26-22-17(12-16-8-5-9-18(16)24-22)21(25)23-19-14-27-11-10-20(19)28-13-15-6-3-2-4-7-15/h2-4,6-7,12,19-20H,5,8-11,13-14H2,1H3,(H,23,25). The van der Waals surface area contributed by atoms with Crippen molar-refractivity contribution in [2.24, 2.45) is 0 Å². The first kappa shape index (κ1) is 18.9. The number of aromatic nitrogens is 1. The van der Waals surface area contributed by atoms with Crippen LogP contribution in [0.2, 0.25) is 0 Å². The Balaban J connectivity index is 1.45. The molecule has 2 aromatic rings. The van der Waals surface area contributed by atoms with E-state index in [2.05, 4.69) is 10.3 Å². The van der Waals surface area contributed by atoms with Crippen LogP contribution >= 0.6 is 0 Å². The minimum Gasteiger partial charge on any atom is -0.480 e. The quantitative estimate of drug-likeness (QED) is 0.832. The number of nitrogens with one attached hydrogen (secondary N) is 1. The van der Waals surface area contributed by atoms with Gasteiger partial charge >= 0.3 is 0 Å². The van der Waals surface area contributed by atoms with Crippen LogP contribution < -0.4 is 10.1 Å². The first-order valence-electron chi connectivity index (χ1n) is 9.85. The lowest BCUT2D eigenvalue weighted by Crippen LogP contribution is -2.50. The predicted octanol–water partition coefficient (Wildman–Crippen LogP) is 2.68. The minimum atomic E-state index is -0.206. The zero-order valence-corrected chi connectivity index (χ0v) is 16.1. The van der Waals surface area contributed by atoms with Crippen LogP contribution in [0, 0.1) is 0 Å². The van der Waals surface area contributed by atoms with E-state index in [0.717, 1.165) is 42.5 Å². The second kappa shape index (κ2) is 8.71. The molecule has 1 aliphatic heterocycles. The van der Waals surface area contributed by atoms with Gasteiger partial charge in [-0.1, -0.05) is 30.3 Å². The second-order valence-electron chi connectivity index (χ2n) is 7.28. The van der Waals surface area contributed by atoms with Crippen molar-refractivity contribution in [2.75, 3.05) is 20.3 Å². The SMILES string of the molecule is COc1nc2c(cc1C(=O)NC1COCCC1OCc1ccccc1)CCC2. The molecule has 1 amide bonds. The van der Waals surface area contributed by atoms with E-state index in [1.807, 2.05) is 36.4 Å². The molecule has 0 saturated carbocycles. The summed E-state index contributed by atoms with van der Waals surface area (Å²) >= 11 is 0.